The maximum absolute atomic E-state index is 10.5. The van der Waals surface area contributed by atoms with Gasteiger partial charge in [-0.2, -0.15) is 8.42 Å². The predicted molar refractivity (Wildman–Crippen MR) is 66.4 cm³/mol. The highest BCUT2D eigenvalue weighted by Gasteiger charge is 2.06. The van der Waals surface area contributed by atoms with Gasteiger partial charge in [0.15, 0.2) is 5.17 Å². The maximum atomic E-state index is 10.5. The molecule has 0 aromatic heterocycles. The predicted octanol–water partition coefficient (Wildman–Crippen LogP) is 1.48. The Morgan fingerprint density at radius 1 is 1.38 bits per heavy atom. The fraction of sp³-hybridized carbons (Fsp3) is 0.222. The summed E-state index contributed by atoms with van der Waals surface area (Å²) in [7, 11) is -4.02. The third kappa shape index (κ3) is 6.44. The first-order valence-electron chi connectivity index (χ1n) is 4.19. The molecule has 7 heteroatoms. The molecule has 1 rings (SSSR count). The summed E-state index contributed by atoms with van der Waals surface area (Å²) in [5, 5.41) is 6.66. The lowest BCUT2D eigenvalue weighted by atomic mass is 10.2. The molecule has 0 fully saturated rings. The van der Waals surface area contributed by atoms with Crippen LogP contribution in [0, 0.1) is 12.3 Å². The maximum Gasteiger partial charge on any atom is 0.294 e. The van der Waals surface area contributed by atoms with E-state index in [1.807, 2.05) is 6.92 Å². The molecule has 0 aliphatic carbocycles. The number of thioether (sulfide) groups is 1. The molecule has 0 amide bonds. The highest BCUT2D eigenvalue weighted by atomic mass is 32.2. The molecule has 0 saturated carbocycles. The Balaban J connectivity index is 0.000000385. The van der Waals surface area contributed by atoms with Gasteiger partial charge in [-0.05, 0) is 25.3 Å². The lowest BCUT2D eigenvalue weighted by Crippen LogP contribution is -2.01. The first-order chi connectivity index (χ1) is 7.27. The van der Waals surface area contributed by atoms with Gasteiger partial charge in [0.2, 0.25) is 0 Å². The van der Waals surface area contributed by atoms with E-state index < -0.39 is 10.1 Å². The number of amidine groups is 1. The van der Waals surface area contributed by atoms with Gasteiger partial charge in [-0.15, -0.1) is 0 Å². The second kappa shape index (κ2) is 6.51. The lowest BCUT2D eigenvalue weighted by molar-refractivity contribution is 0.483. The number of rotatable bonds is 1. The average Bonchev–Trinajstić information content (AvgIpc) is 2.18. The van der Waals surface area contributed by atoms with Gasteiger partial charge in [-0.25, -0.2) is 0 Å². The van der Waals surface area contributed by atoms with Crippen LogP contribution in [0.3, 0.4) is 0 Å². The van der Waals surface area contributed by atoms with E-state index in [9.17, 15) is 8.42 Å². The lowest BCUT2D eigenvalue weighted by Gasteiger charge is -1.95. The number of nitrogens with two attached hydrogens (primary N) is 1. The van der Waals surface area contributed by atoms with Crippen molar-refractivity contribution in [1.29, 1.82) is 5.41 Å². The van der Waals surface area contributed by atoms with E-state index in [1.165, 1.54) is 23.9 Å². The average molecular weight is 262 g/mol. The van der Waals surface area contributed by atoms with Gasteiger partial charge in [-0.1, -0.05) is 29.5 Å². The molecule has 1 aromatic rings. The van der Waals surface area contributed by atoms with Crippen molar-refractivity contribution >= 4 is 27.0 Å². The topological polar surface area (TPSA) is 104 Å². The highest BCUT2D eigenvalue weighted by molar-refractivity contribution is 8.13. The van der Waals surface area contributed by atoms with Crippen LogP contribution in [0.1, 0.15) is 5.56 Å². The summed E-state index contributed by atoms with van der Waals surface area (Å²) in [5.74, 6) is 0. The van der Waals surface area contributed by atoms with Gasteiger partial charge < -0.3 is 5.73 Å². The monoisotopic (exact) mass is 262 g/mol. The molecule has 1 aromatic carbocycles. The molecule has 0 spiro atoms. The Morgan fingerprint density at radius 3 is 2.00 bits per heavy atom. The standard InChI is InChI=1S/C7H8O3S.C2H6N2S/c1-6-2-4-7(5-3-6)11(8,9)10;1-5-2(3)4/h2-5H,1H3,(H,8,9,10);1H3,(H3,3,4). The summed E-state index contributed by atoms with van der Waals surface area (Å²) in [6.45, 7) is 1.84. The second-order valence-electron chi connectivity index (χ2n) is 2.86. The van der Waals surface area contributed by atoms with Crippen molar-refractivity contribution in [3.8, 4) is 0 Å². The summed E-state index contributed by atoms with van der Waals surface area (Å²) in [5.41, 5.74) is 5.79. The number of hydrogen-bond donors (Lipinski definition) is 3. The van der Waals surface area contributed by atoms with Crippen LogP contribution in [0.5, 0.6) is 0 Å². The minimum absolute atomic E-state index is 0.0666. The molecule has 0 saturated heterocycles. The Bertz CT molecular complexity index is 440. The number of hydrogen-bond acceptors (Lipinski definition) is 4. The van der Waals surface area contributed by atoms with Crippen LogP contribution in [-0.2, 0) is 10.1 Å². The number of nitrogens with one attached hydrogen (secondary N) is 1. The van der Waals surface area contributed by atoms with Crippen molar-refractivity contribution in [2.45, 2.75) is 11.8 Å². The van der Waals surface area contributed by atoms with E-state index in [0.29, 0.717) is 0 Å². The van der Waals surface area contributed by atoms with Gasteiger partial charge in [0, 0.05) is 0 Å². The third-order valence-electron chi connectivity index (χ3n) is 1.54. The van der Waals surface area contributed by atoms with Crippen molar-refractivity contribution in [3.63, 3.8) is 0 Å². The second-order valence-corrected chi connectivity index (χ2v) is 5.13. The molecular weight excluding hydrogens is 248 g/mol. The fourth-order valence-electron chi connectivity index (χ4n) is 0.710. The Kier molecular flexibility index (Phi) is 6.09. The van der Waals surface area contributed by atoms with E-state index >= 15 is 0 Å². The van der Waals surface area contributed by atoms with Crippen molar-refractivity contribution in [2.24, 2.45) is 5.73 Å². The fourth-order valence-corrected chi connectivity index (χ4v) is 1.19. The van der Waals surface area contributed by atoms with Crippen LogP contribution in [0.2, 0.25) is 0 Å². The molecule has 0 radical (unpaired) electrons. The molecule has 0 aliphatic rings. The van der Waals surface area contributed by atoms with E-state index in [0.717, 1.165) is 5.56 Å². The first kappa shape index (κ1) is 14.9. The summed E-state index contributed by atoms with van der Waals surface area (Å²) >= 11 is 1.24. The zero-order chi connectivity index (χ0) is 12.8. The van der Waals surface area contributed by atoms with Crippen LogP contribution in [0.15, 0.2) is 29.2 Å². The zero-order valence-electron chi connectivity index (χ0n) is 8.97. The van der Waals surface area contributed by atoms with Crippen LogP contribution < -0.4 is 5.73 Å². The third-order valence-corrected chi connectivity index (χ3v) is 2.85. The summed E-state index contributed by atoms with van der Waals surface area (Å²) in [6, 6.07) is 5.99. The minimum atomic E-state index is -4.02. The highest BCUT2D eigenvalue weighted by Crippen LogP contribution is 2.08. The Morgan fingerprint density at radius 2 is 1.75 bits per heavy atom. The summed E-state index contributed by atoms with van der Waals surface area (Å²) in [4.78, 5) is -0.0666. The van der Waals surface area contributed by atoms with E-state index in [1.54, 1.807) is 18.4 Å². The quantitative estimate of drug-likeness (QED) is 0.404. The molecule has 0 aliphatic heterocycles. The Hall–Kier alpha value is -1.05. The molecular formula is C9H14N2O3S2. The van der Waals surface area contributed by atoms with Crippen LogP contribution >= 0.6 is 11.8 Å². The van der Waals surface area contributed by atoms with Crippen molar-refractivity contribution in [3.05, 3.63) is 29.8 Å². The van der Waals surface area contributed by atoms with Crippen molar-refractivity contribution < 1.29 is 13.0 Å². The summed E-state index contributed by atoms with van der Waals surface area (Å²) in [6.07, 6.45) is 1.77. The number of aryl methyl sites for hydroxylation is 1. The number of benzene rings is 1. The van der Waals surface area contributed by atoms with E-state index in [2.05, 4.69) is 0 Å². The molecule has 0 unspecified atom stereocenters. The molecule has 0 bridgehead atoms. The minimum Gasteiger partial charge on any atom is -0.379 e. The normalized spacial score (nSPS) is 10.2. The molecule has 0 heterocycles. The van der Waals surface area contributed by atoms with Gasteiger partial charge >= 0.3 is 0 Å². The van der Waals surface area contributed by atoms with Gasteiger partial charge in [-0.3, -0.25) is 9.96 Å². The SMILES string of the molecule is CSC(=N)N.Cc1ccc(S(=O)(=O)O)cc1. The molecule has 90 valence electrons. The molecule has 5 nitrogen and oxygen atoms in total. The van der Waals surface area contributed by atoms with Gasteiger partial charge in [0.05, 0.1) is 4.90 Å². The smallest absolute Gasteiger partial charge is 0.294 e. The van der Waals surface area contributed by atoms with Crippen LogP contribution in [-0.4, -0.2) is 24.4 Å². The molecule has 0 atom stereocenters. The van der Waals surface area contributed by atoms with E-state index in [4.69, 9.17) is 15.7 Å². The van der Waals surface area contributed by atoms with Crippen LogP contribution in [0.4, 0.5) is 0 Å². The first-order valence-corrected chi connectivity index (χ1v) is 6.86. The van der Waals surface area contributed by atoms with Gasteiger partial charge in [0.25, 0.3) is 10.1 Å². The molecule has 16 heavy (non-hydrogen) atoms. The largest absolute Gasteiger partial charge is 0.379 e. The van der Waals surface area contributed by atoms with Crippen molar-refractivity contribution in [1.82, 2.24) is 0 Å². The zero-order valence-corrected chi connectivity index (χ0v) is 10.6. The van der Waals surface area contributed by atoms with E-state index in [-0.39, 0.29) is 10.1 Å². The summed E-state index contributed by atoms with van der Waals surface area (Å²) < 4.78 is 29.6. The van der Waals surface area contributed by atoms with Gasteiger partial charge in [0.1, 0.15) is 0 Å². The Labute approximate surface area is 99.3 Å². The van der Waals surface area contributed by atoms with Crippen molar-refractivity contribution in [2.75, 3.05) is 6.26 Å². The molecule has 4 N–H and O–H groups in total. The van der Waals surface area contributed by atoms with Crippen LogP contribution in [0.25, 0.3) is 0 Å².